The van der Waals surface area contributed by atoms with E-state index in [1.54, 1.807) is 18.2 Å². The number of nitrogens with one attached hydrogen (secondary N) is 1. The van der Waals surface area contributed by atoms with Crippen LogP contribution in [-0.2, 0) is 20.4 Å². The van der Waals surface area contributed by atoms with Gasteiger partial charge in [0.1, 0.15) is 11.0 Å². The first-order chi connectivity index (χ1) is 14.3. The van der Waals surface area contributed by atoms with E-state index in [-0.39, 0.29) is 11.3 Å². The molecule has 1 unspecified atom stereocenters. The van der Waals surface area contributed by atoms with Gasteiger partial charge in [0.25, 0.3) is 0 Å². The summed E-state index contributed by atoms with van der Waals surface area (Å²) in [4.78, 5) is 12.5. The molecular formula is C20H21F2NO6S. The minimum atomic E-state index is -4.01. The fourth-order valence-electron chi connectivity index (χ4n) is 2.82. The fourth-order valence-corrected chi connectivity index (χ4v) is 4.13. The average molecular weight is 441 g/mol. The fraction of sp³-hybridized carbons (Fsp3) is 0.350. The van der Waals surface area contributed by atoms with E-state index >= 15 is 0 Å². The normalized spacial score (nSPS) is 14.7. The Morgan fingerprint density at radius 1 is 1.13 bits per heavy atom. The Labute approximate surface area is 172 Å². The van der Waals surface area contributed by atoms with Crippen LogP contribution in [0.4, 0.5) is 14.5 Å². The van der Waals surface area contributed by atoms with Crippen molar-refractivity contribution in [2.45, 2.75) is 31.0 Å². The number of carbonyl (C=O) groups is 1. The molecule has 1 aliphatic heterocycles. The molecule has 7 nitrogen and oxygen atoms in total. The van der Waals surface area contributed by atoms with E-state index in [9.17, 15) is 22.0 Å². The zero-order valence-corrected chi connectivity index (χ0v) is 17.0. The lowest BCUT2D eigenvalue weighted by Crippen LogP contribution is -2.33. The van der Waals surface area contributed by atoms with Crippen LogP contribution < -0.4 is 19.5 Å². The van der Waals surface area contributed by atoms with Gasteiger partial charge >= 0.3 is 6.61 Å². The van der Waals surface area contributed by atoms with Crippen LogP contribution >= 0.6 is 0 Å². The van der Waals surface area contributed by atoms with E-state index in [0.717, 1.165) is 6.42 Å². The highest BCUT2D eigenvalue weighted by Gasteiger charge is 2.30. The first kappa shape index (κ1) is 21.8. The van der Waals surface area contributed by atoms with E-state index in [1.807, 2.05) is 0 Å². The summed E-state index contributed by atoms with van der Waals surface area (Å²) in [6.45, 7) is -0.862. The number of sulfone groups is 1. The van der Waals surface area contributed by atoms with Crippen molar-refractivity contribution in [3.8, 4) is 17.2 Å². The van der Waals surface area contributed by atoms with Crippen LogP contribution in [0.2, 0.25) is 0 Å². The molecule has 0 saturated heterocycles. The average Bonchev–Trinajstić information content (AvgIpc) is 2.93. The third-order valence-corrected chi connectivity index (χ3v) is 6.47. The number of para-hydroxylation sites is 1. The predicted octanol–water partition coefficient (Wildman–Crippen LogP) is 3.39. The van der Waals surface area contributed by atoms with Crippen LogP contribution in [0.1, 0.15) is 18.9 Å². The van der Waals surface area contributed by atoms with Gasteiger partial charge in [0.2, 0.25) is 5.91 Å². The van der Waals surface area contributed by atoms with Crippen molar-refractivity contribution in [3.63, 3.8) is 0 Å². The van der Waals surface area contributed by atoms with Gasteiger partial charge in [-0.25, -0.2) is 8.42 Å². The molecule has 1 atom stereocenters. The van der Waals surface area contributed by atoms with Crippen molar-refractivity contribution < 1.29 is 36.2 Å². The number of hydrogen-bond acceptors (Lipinski definition) is 6. The van der Waals surface area contributed by atoms with Gasteiger partial charge in [-0.15, -0.1) is 0 Å². The summed E-state index contributed by atoms with van der Waals surface area (Å²) >= 11 is 0. The third-order valence-electron chi connectivity index (χ3n) is 4.47. The molecule has 1 amide bonds. The van der Waals surface area contributed by atoms with Crippen LogP contribution in [0.25, 0.3) is 0 Å². The van der Waals surface area contributed by atoms with Crippen molar-refractivity contribution in [1.29, 1.82) is 0 Å². The molecule has 3 rings (SSSR count). The highest BCUT2D eigenvalue weighted by molar-refractivity contribution is 7.92. The quantitative estimate of drug-likeness (QED) is 0.708. The Hall–Kier alpha value is -2.88. The Balaban J connectivity index is 1.72. The summed E-state index contributed by atoms with van der Waals surface area (Å²) in [5.74, 6) is -0.616. The standard InChI is InChI=1S/C20H21F2NO6S/c1-13(30(25,26)12-14-5-2-3-6-16(14)29-20(21)22)19(24)23-15-7-8-17-18(11-15)28-10-4-9-27-17/h2-3,5-8,11,13,20H,4,9-10,12H2,1H3,(H,23,24). The molecule has 0 bridgehead atoms. The van der Waals surface area contributed by atoms with E-state index in [4.69, 9.17) is 9.47 Å². The monoisotopic (exact) mass is 441 g/mol. The van der Waals surface area contributed by atoms with E-state index in [0.29, 0.717) is 30.4 Å². The van der Waals surface area contributed by atoms with E-state index < -0.39 is 33.4 Å². The number of anilines is 1. The molecule has 1 aliphatic rings. The lowest BCUT2D eigenvalue weighted by molar-refractivity contribution is -0.115. The molecule has 2 aromatic carbocycles. The van der Waals surface area contributed by atoms with Crippen LogP contribution in [0.3, 0.4) is 0 Å². The number of fused-ring (bicyclic) bond motifs is 1. The molecule has 30 heavy (non-hydrogen) atoms. The summed E-state index contributed by atoms with van der Waals surface area (Å²) in [6.07, 6.45) is 0.725. The smallest absolute Gasteiger partial charge is 0.387 e. The number of carbonyl (C=O) groups excluding carboxylic acids is 1. The first-order valence-electron chi connectivity index (χ1n) is 9.21. The number of hydrogen-bond donors (Lipinski definition) is 1. The van der Waals surface area contributed by atoms with Gasteiger partial charge in [-0.1, -0.05) is 18.2 Å². The summed E-state index contributed by atoms with van der Waals surface area (Å²) in [7, 11) is -4.01. The van der Waals surface area contributed by atoms with Gasteiger partial charge in [0.15, 0.2) is 21.3 Å². The van der Waals surface area contributed by atoms with E-state index in [2.05, 4.69) is 10.1 Å². The molecule has 10 heteroatoms. The Bertz CT molecular complexity index is 1010. The molecule has 0 aromatic heterocycles. The topological polar surface area (TPSA) is 90.9 Å². The minimum Gasteiger partial charge on any atom is -0.490 e. The zero-order chi connectivity index (χ0) is 21.7. The molecule has 162 valence electrons. The van der Waals surface area contributed by atoms with Crippen molar-refractivity contribution >= 4 is 21.4 Å². The molecule has 0 spiro atoms. The van der Waals surface area contributed by atoms with Gasteiger partial charge in [-0.05, 0) is 25.1 Å². The molecule has 0 saturated carbocycles. The predicted molar refractivity (Wildman–Crippen MR) is 106 cm³/mol. The number of halogens is 2. The molecule has 0 aliphatic carbocycles. The highest BCUT2D eigenvalue weighted by Crippen LogP contribution is 2.32. The second-order valence-corrected chi connectivity index (χ2v) is 8.96. The van der Waals surface area contributed by atoms with Crippen LogP contribution in [0, 0.1) is 0 Å². The van der Waals surface area contributed by atoms with Gasteiger partial charge in [-0.3, -0.25) is 4.79 Å². The van der Waals surface area contributed by atoms with Crippen molar-refractivity contribution in [1.82, 2.24) is 0 Å². The van der Waals surface area contributed by atoms with Crippen molar-refractivity contribution in [2.75, 3.05) is 18.5 Å². The Morgan fingerprint density at radius 3 is 2.57 bits per heavy atom. The highest BCUT2D eigenvalue weighted by atomic mass is 32.2. The summed E-state index contributed by atoms with van der Waals surface area (Å²) < 4.78 is 65.9. The largest absolute Gasteiger partial charge is 0.490 e. The number of ether oxygens (including phenoxy) is 3. The lowest BCUT2D eigenvalue weighted by Gasteiger charge is -2.16. The molecule has 0 fully saturated rings. The van der Waals surface area contributed by atoms with Crippen molar-refractivity contribution in [2.24, 2.45) is 0 Å². The Morgan fingerprint density at radius 2 is 1.83 bits per heavy atom. The van der Waals surface area contributed by atoms with Crippen molar-refractivity contribution in [3.05, 3.63) is 48.0 Å². The maximum atomic E-state index is 12.7. The van der Waals surface area contributed by atoms with Crippen LogP contribution in [0.5, 0.6) is 17.2 Å². The molecule has 1 N–H and O–H groups in total. The molecule has 0 radical (unpaired) electrons. The molecular weight excluding hydrogens is 420 g/mol. The summed E-state index contributed by atoms with van der Waals surface area (Å²) in [5.41, 5.74) is 0.403. The maximum absolute atomic E-state index is 12.7. The van der Waals surface area contributed by atoms with Crippen LogP contribution in [-0.4, -0.2) is 39.4 Å². The number of amides is 1. The molecule has 1 heterocycles. The van der Waals surface area contributed by atoms with Gasteiger partial charge in [0.05, 0.1) is 19.0 Å². The summed E-state index contributed by atoms with van der Waals surface area (Å²) in [6, 6.07) is 10.3. The Kier molecular flexibility index (Phi) is 6.76. The summed E-state index contributed by atoms with van der Waals surface area (Å²) in [5, 5.41) is 1.12. The number of benzene rings is 2. The number of rotatable bonds is 7. The first-order valence-corrected chi connectivity index (χ1v) is 10.9. The maximum Gasteiger partial charge on any atom is 0.387 e. The van der Waals surface area contributed by atoms with Gasteiger partial charge in [0, 0.05) is 23.7 Å². The third kappa shape index (κ3) is 5.38. The SMILES string of the molecule is CC(C(=O)Nc1ccc2c(c1)OCCCO2)S(=O)(=O)Cc1ccccc1OC(F)F. The van der Waals surface area contributed by atoms with Gasteiger partial charge in [-0.2, -0.15) is 8.78 Å². The minimum absolute atomic E-state index is 0.0491. The second kappa shape index (κ2) is 9.29. The zero-order valence-electron chi connectivity index (χ0n) is 16.1. The van der Waals surface area contributed by atoms with E-state index in [1.165, 1.54) is 31.2 Å². The van der Waals surface area contributed by atoms with Crippen LogP contribution in [0.15, 0.2) is 42.5 Å². The molecule has 2 aromatic rings. The van der Waals surface area contributed by atoms with Gasteiger partial charge < -0.3 is 19.5 Å². The second-order valence-electron chi connectivity index (χ2n) is 6.64. The lowest BCUT2D eigenvalue weighted by atomic mass is 10.2. The number of alkyl halides is 2.